The molecule has 0 spiro atoms. The molecule has 0 unspecified atom stereocenters. The maximum absolute atomic E-state index is 6.55. The molecule has 1 saturated carbocycles. The maximum Gasteiger partial charge on any atom is 0.139 e. The second-order valence-corrected chi connectivity index (χ2v) is 5.33. The number of furan rings is 1. The monoisotopic (exact) mass is 229 g/mol. The number of hydrogen-bond acceptors (Lipinski definition) is 2. The molecule has 0 saturated heterocycles. The Kier molecular flexibility index (Phi) is 2.30. The third-order valence-electron chi connectivity index (χ3n) is 4.23. The molecule has 2 heteroatoms. The molecule has 2 nitrogen and oxygen atoms in total. The smallest absolute Gasteiger partial charge is 0.139 e. The summed E-state index contributed by atoms with van der Waals surface area (Å²) in [5, 5.41) is 1.22. The van der Waals surface area contributed by atoms with Crippen LogP contribution in [0.15, 0.2) is 22.6 Å². The van der Waals surface area contributed by atoms with Crippen molar-refractivity contribution in [3.05, 3.63) is 35.1 Å². The summed E-state index contributed by atoms with van der Waals surface area (Å²) < 4.78 is 5.93. The average Bonchev–Trinajstić information content (AvgIpc) is 2.86. The van der Waals surface area contributed by atoms with Gasteiger partial charge in [-0.2, -0.15) is 0 Å². The Balaban J connectivity index is 2.26. The summed E-state index contributed by atoms with van der Waals surface area (Å²) >= 11 is 0. The summed E-state index contributed by atoms with van der Waals surface area (Å²) in [6.45, 7) is 4.14. The Morgan fingerprint density at radius 3 is 2.59 bits per heavy atom. The number of nitrogens with two attached hydrogens (primary N) is 1. The Bertz CT molecular complexity index is 562. The molecule has 1 aliphatic carbocycles. The van der Waals surface area contributed by atoms with Gasteiger partial charge >= 0.3 is 0 Å². The molecular formula is C15H19NO. The van der Waals surface area contributed by atoms with Crippen LogP contribution in [-0.2, 0) is 5.54 Å². The van der Waals surface area contributed by atoms with Crippen LogP contribution in [0, 0.1) is 13.8 Å². The first-order chi connectivity index (χ1) is 8.12. The zero-order chi connectivity index (χ0) is 12.0. The normalized spacial score (nSPS) is 19.0. The number of benzene rings is 1. The molecular weight excluding hydrogens is 210 g/mol. The second kappa shape index (κ2) is 3.61. The van der Waals surface area contributed by atoms with Crippen molar-refractivity contribution >= 4 is 11.0 Å². The molecule has 1 aromatic heterocycles. The van der Waals surface area contributed by atoms with Gasteiger partial charge in [0.2, 0.25) is 0 Å². The topological polar surface area (TPSA) is 39.2 Å². The van der Waals surface area contributed by atoms with Gasteiger partial charge in [0.05, 0.1) is 0 Å². The SMILES string of the molecule is Cc1oc2c(C3(N)CCCC3)cccc2c1C. The van der Waals surface area contributed by atoms with Crippen LogP contribution in [0.4, 0.5) is 0 Å². The van der Waals surface area contributed by atoms with E-state index in [0.29, 0.717) is 0 Å². The molecule has 1 aliphatic rings. The summed E-state index contributed by atoms with van der Waals surface area (Å²) in [4.78, 5) is 0. The van der Waals surface area contributed by atoms with Gasteiger partial charge < -0.3 is 10.2 Å². The fourth-order valence-electron chi connectivity index (χ4n) is 3.03. The van der Waals surface area contributed by atoms with E-state index in [0.717, 1.165) is 24.2 Å². The number of aryl methyl sites for hydroxylation is 2. The van der Waals surface area contributed by atoms with Crippen molar-refractivity contribution in [1.29, 1.82) is 0 Å². The lowest BCUT2D eigenvalue weighted by Gasteiger charge is -2.24. The lowest BCUT2D eigenvalue weighted by Crippen LogP contribution is -2.33. The van der Waals surface area contributed by atoms with Crippen LogP contribution in [0.1, 0.15) is 42.6 Å². The third-order valence-corrected chi connectivity index (χ3v) is 4.23. The summed E-state index contributed by atoms with van der Waals surface area (Å²) in [6, 6.07) is 6.37. The first kappa shape index (κ1) is 10.8. The fraction of sp³-hybridized carbons (Fsp3) is 0.467. The Morgan fingerprint density at radius 1 is 1.18 bits per heavy atom. The highest BCUT2D eigenvalue weighted by molar-refractivity contribution is 5.85. The Labute approximate surface area is 102 Å². The predicted molar refractivity (Wildman–Crippen MR) is 70.0 cm³/mol. The van der Waals surface area contributed by atoms with Crippen molar-refractivity contribution in [3.63, 3.8) is 0 Å². The summed E-state index contributed by atoms with van der Waals surface area (Å²) in [5.41, 5.74) is 9.82. The van der Waals surface area contributed by atoms with Crippen LogP contribution in [0.25, 0.3) is 11.0 Å². The Morgan fingerprint density at radius 2 is 1.88 bits per heavy atom. The molecule has 3 rings (SSSR count). The minimum absolute atomic E-state index is 0.170. The van der Waals surface area contributed by atoms with Gasteiger partial charge in [0.1, 0.15) is 11.3 Å². The van der Waals surface area contributed by atoms with E-state index in [1.54, 1.807) is 0 Å². The molecule has 2 aromatic rings. The molecule has 0 bridgehead atoms. The molecule has 2 N–H and O–H groups in total. The minimum atomic E-state index is -0.170. The van der Waals surface area contributed by atoms with E-state index in [9.17, 15) is 0 Å². The maximum atomic E-state index is 6.55. The standard InChI is InChI=1S/C15H19NO/c1-10-11(2)17-14-12(10)6-5-7-13(14)15(16)8-3-4-9-15/h5-7H,3-4,8-9,16H2,1-2H3. The van der Waals surface area contributed by atoms with Crippen molar-refractivity contribution in [2.75, 3.05) is 0 Å². The van der Waals surface area contributed by atoms with E-state index in [-0.39, 0.29) is 5.54 Å². The van der Waals surface area contributed by atoms with E-state index in [4.69, 9.17) is 10.2 Å². The molecule has 0 radical (unpaired) electrons. The van der Waals surface area contributed by atoms with E-state index < -0.39 is 0 Å². The van der Waals surface area contributed by atoms with Crippen LogP contribution in [-0.4, -0.2) is 0 Å². The molecule has 1 heterocycles. The predicted octanol–water partition coefficient (Wildman–Crippen LogP) is 3.78. The van der Waals surface area contributed by atoms with Crippen molar-refractivity contribution in [3.8, 4) is 0 Å². The van der Waals surface area contributed by atoms with Gasteiger partial charge in [0, 0.05) is 16.5 Å². The molecule has 0 atom stereocenters. The number of para-hydroxylation sites is 1. The number of hydrogen-bond donors (Lipinski definition) is 1. The van der Waals surface area contributed by atoms with Crippen molar-refractivity contribution in [2.24, 2.45) is 5.73 Å². The van der Waals surface area contributed by atoms with Gasteiger partial charge in [0.15, 0.2) is 0 Å². The van der Waals surface area contributed by atoms with E-state index in [1.165, 1.54) is 29.4 Å². The largest absolute Gasteiger partial charge is 0.461 e. The summed E-state index contributed by atoms with van der Waals surface area (Å²) in [6.07, 6.45) is 4.60. The van der Waals surface area contributed by atoms with E-state index >= 15 is 0 Å². The van der Waals surface area contributed by atoms with Crippen LogP contribution in [0.5, 0.6) is 0 Å². The fourth-order valence-corrected chi connectivity index (χ4v) is 3.03. The molecule has 0 amide bonds. The van der Waals surface area contributed by atoms with Crippen LogP contribution >= 0.6 is 0 Å². The first-order valence-electron chi connectivity index (χ1n) is 6.40. The van der Waals surface area contributed by atoms with E-state index in [2.05, 4.69) is 25.1 Å². The van der Waals surface area contributed by atoms with Gasteiger partial charge in [-0.3, -0.25) is 0 Å². The average molecular weight is 229 g/mol. The highest BCUT2D eigenvalue weighted by Crippen LogP contribution is 2.40. The van der Waals surface area contributed by atoms with Crippen molar-refractivity contribution in [1.82, 2.24) is 0 Å². The van der Waals surface area contributed by atoms with Gasteiger partial charge in [0.25, 0.3) is 0 Å². The van der Waals surface area contributed by atoms with Gasteiger partial charge in [-0.1, -0.05) is 31.0 Å². The minimum Gasteiger partial charge on any atom is -0.461 e. The zero-order valence-corrected chi connectivity index (χ0v) is 10.5. The highest BCUT2D eigenvalue weighted by atomic mass is 16.3. The molecule has 17 heavy (non-hydrogen) atoms. The lowest BCUT2D eigenvalue weighted by atomic mass is 9.88. The van der Waals surface area contributed by atoms with Gasteiger partial charge in [-0.25, -0.2) is 0 Å². The molecule has 0 aliphatic heterocycles. The van der Waals surface area contributed by atoms with Crippen molar-refractivity contribution in [2.45, 2.75) is 45.1 Å². The molecule has 1 aromatic carbocycles. The Hall–Kier alpha value is -1.28. The summed E-state index contributed by atoms with van der Waals surface area (Å²) in [7, 11) is 0. The molecule has 1 fully saturated rings. The lowest BCUT2D eigenvalue weighted by molar-refractivity contribution is 0.453. The van der Waals surface area contributed by atoms with E-state index in [1.807, 2.05) is 6.92 Å². The van der Waals surface area contributed by atoms with Crippen LogP contribution in [0.3, 0.4) is 0 Å². The van der Waals surface area contributed by atoms with Crippen LogP contribution in [0.2, 0.25) is 0 Å². The van der Waals surface area contributed by atoms with Crippen LogP contribution < -0.4 is 5.73 Å². The first-order valence-corrected chi connectivity index (χ1v) is 6.40. The highest BCUT2D eigenvalue weighted by Gasteiger charge is 2.33. The quantitative estimate of drug-likeness (QED) is 0.808. The summed E-state index contributed by atoms with van der Waals surface area (Å²) in [5.74, 6) is 1.01. The zero-order valence-electron chi connectivity index (χ0n) is 10.5. The van der Waals surface area contributed by atoms with Crippen molar-refractivity contribution < 1.29 is 4.42 Å². The van der Waals surface area contributed by atoms with Gasteiger partial charge in [-0.05, 0) is 32.3 Å². The number of fused-ring (bicyclic) bond motifs is 1. The van der Waals surface area contributed by atoms with Gasteiger partial charge in [-0.15, -0.1) is 0 Å². The number of rotatable bonds is 1. The second-order valence-electron chi connectivity index (χ2n) is 5.33. The third kappa shape index (κ3) is 1.51. The molecule has 90 valence electrons.